The summed E-state index contributed by atoms with van der Waals surface area (Å²) < 4.78 is 1.91. The number of fused-ring (bicyclic) bond motifs is 3. The average Bonchev–Trinajstić information content (AvgIpc) is 2.98. The van der Waals surface area contributed by atoms with Gasteiger partial charge in [0.2, 0.25) is 0 Å². The third kappa shape index (κ3) is 2.58. The molecule has 0 aliphatic carbocycles. The Bertz CT molecular complexity index is 1060. The van der Waals surface area contributed by atoms with Gasteiger partial charge in [-0.1, -0.05) is 29.8 Å². The Balaban J connectivity index is 2.03. The molecule has 1 aliphatic heterocycles. The van der Waals surface area contributed by atoms with E-state index in [0.29, 0.717) is 29.4 Å². The number of aliphatic imine (C=N–C) groups is 1. The van der Waals surface area contributed by atoms with Gasteiger partial charge in [-0.15, -0.1) is 0 Å². The molecular weight excluding hydrogens is 354 g/mol. The van der Waals surface area contributed by atoms with Crippen LogP contribution in [0.2, 0.25) is 5.02 Å². The van der Waals surface area contributed by atoms with Gasteiger partial charge < -0.3 is 5.73 Å². The Kier molecular flexibility index (Phi) is 4.02. The summed E-state index contributed by atoms with van der Waals surface area (Å²) in [6.45, 7) is 0.619. The van der Waals surface area contributed by atoms with Crippen molar-refractivity contribution in [2.75, 3.05) is 0 Å². The molecule has 0 saturated heterocycles. The van der Waals surface area contributed by atoms with E-state index in [2.05, 4.69) is 9.98 Å². The lowest BCUT2D eigenvalue weighted by molar-refractivity contribution is -0.384. The highest BCUT2D eigenvalue weighted by Gasteiger charge is 2.24. The first-order valence-corrected chi connectivity index (χ1v) is 8.32. The molecule has 2 aromatic carbocycles. The van der Waals surface area contributed by atoms with Crippen molar-refractivity contribution in [2.45, 2.75) is 13.1 Å². The lowest BCUT2D eigenvalue weighted by Gasteiger charge is -2.14. The lowest BCUT2D eigenvalue weighted by Crippen LogP contribution is -2.11. The van der Waals surface area contributed by atoms with E-state index in [4.69, 9.17) is 17.3 Å². The van der Waals surface area contributed by atoms with Crippen molar-refractivity contribution in [3.63, 3.8) is 0 Å². The van der Waals surface area contributed by atoms with E-state index in [0.717, 1.165) is 22.8 Å². The number of nitro benzene ring substituents is 1. The molecule has 0 atom stereocenters. The van der Waals surface area contributed by atoms with Crippen molar-refractivity contribution in [3.8, 4) is 5.69 Å². The third-order valence-corrected chi connectivity index (χ3v) is 4.64. The Hall–Kier alpha value is -3.03. The number of halogens is 1. The fourth-order valence-electron chi connectivity index (χ4n) is 3.12. The Morgan fingerprint density at radius 1 is 1.23 bits per heavy atom. The molecule has 7 nitrogen and oxygen atoms in total. The van der Waals surface area contributed by atoms with Crippen LogP contribution < -0.4 is 5.73 Å². The first kappa shape index (κ1) is 16.4. The van der Waals surface area contributed by atoms with Crippen LogP contribution in [0.15, 0.2) is 53.7 Å². The normalized spacial score (nSPS) is 12.8. The summed E-state index contributed by atoms with van der Waals surface area (Å²) in [7, 11) is 0. The van der Waals surface area contributed by atoms with Crippen molar-refractivity contribution in [3.05, 3.63) is 86.4 Å². The first-order valence-electron chi connectivity index (χ1n) is 7.94. The second-order valence-corrected chi connectivity index (χ2v) is 6.22. The minimum Gasteiger partial charge on any atom is -0.325 e. The zero-order valence-corrected chi connectivity index (χ0v) is 14.3. The van der Waals surface area contributed by atoms with Gasteiger partial charge in [0.15, 0.2) is 0 Å². The molecule has 2 heterocycles. The summed E-state index contributed by atoms with van der Waals surface area (Å²) >= 11 is 6.37. The molecule has 3 aromatic rings. The Morgan fingerprint density at radius 3 is 2.77 bits per heavy atom. The highest BCUT2D eigenvalue weighted by atomic mass is 35.5. The second-order valence-electron chi connectivity index (χ2n) is 5.81. The number of nitro groups is 1. The quantitative estimate of drug-likeness (QED) is 0.567. The molecule has 0 bridgehead atoms. The molecule has 0 amide bonds. The molecule has 0 fully saturated rings. The van der Waals surface area contributed by atoms with Crippen LogP contribution in [0, 0.1) is 10.1 Å². The van der Waals surface area contributed by atoms with E-state index < -0.39 is 4.92 Å². The van der Waals surface area contributed by atoms with Gasteiger partial charge in [-0.25, -0.2) is 4.98 Å². The molecule has 1 aromatic heterocycles. The smallest absolute Gasteiger partial charge is 0.270 e. The van der Waals surface area contributed by atoms with Gasteiger partial charge in [0, 0.05) is 34.8 Å². The highest BCUT2D eigenvalue weighted by molar-refractivity contribution is 6.35. The molecule has 4 rings (SSSR count). The van der Waals surface area contributed by atoms with Crippen LogP contribution in [0.25, 0.3) is 5.69 Å². The molecule has 0 spiro atoms. The molecule has 0 radical (unpaired) electrons. The van der Waals surface area contributed by atoms with Gasteiger partial charge in [0.25, 0.3) is 5.69 Å². The number of rotatable bonds is 3. The molecule has 1 aliphatic rings. The van der Waals surface area contributed by atoms with Gasteiger partial charge in [0.1, 0.15) is 5.82 Å². The summed E-state index contributed by atoms with van der Waals surface area (Å²) in [5, 5.41) is 11.8. The van der Waals surface area contributed by atoms with Crippen LogP contribution in [0.1, 0.15) is 22.6 Å². The van der Waals surface area contributed by atoms with Crippen molar-refractivity contribution in [2.24, 2.45) is 10.7 Å². The van der Waals surface area contributed by atoms with Crippen LogP contribution in [-0.2, 0) is 13.1 Å². The number of nitrogens with zero attached hydrogens (tertiary/aromatic N) is 4. The number of hydrogen-bond acceptors (Lipinski definition) is 5. The van der Waals surface area contributed by atoms with Crippen LogP contribution in [0.3, 0.4) is 0 Å². The van der Waals surface area contributed by atoms with Gasteiger partial charge in [0.05, 0.1) is 34.8 Å². The highest BCUT2D eigenvalue weighted by Crippen LogP contribution is 2.31. The van der Waals surface area contributed by atoms with Crippen LogP contribution in [0.4, 0.5) is 5.69 Å². The molecule has 0 unspecified atom stereocenters. The maximum absolute atomic E-state index is 11.3. The summed E-state index contributed by atoms with van der Waals surface area (Å²) in [6, 6.07) is 12.0. The van der Waals surface area contributed by atoms with Crippen molar-refractivity contribution < 1.29 is 4.92 Å². The Morgan fingerprint density at radius 2 is 2.04 bits per heavy atom. The van der Waals surface area contributed by atoms with Gasteiger partial charge >= 0.3 is 0 Å². The van der Waals surface area contributed by atoms with E-state index in [1.807, 2.05) is 22.8 Å². The van der Waals surface area contributed by atoms with Crippen LogP contribution in [-0.4, -0.2) is 20.2 Å². The Labute approximate surface area is 153 Å². The van der Waals surface area contributed by atoms with E-state index >= 15 is 0 Å². The van der Waals surface area contributed by atoms with Crippen molar-refractivity contribution in [1.29, 1.82) is 0 Å². The minimum absolute atomic E-state index is 0.0126. The molecule has 8 heteroatoms. The first-order chi connectivity index (χ1) is 12.6. The lowest BCUT2D eigenvalue weighted by atomic mass is 9.99. The topological polar surface area (TPSA) is 99.3 Å². The molecule has 130 valence electrons. The fraction of sp³-hybridized carbons (Fsp3) is 0.111. The standard InChI is InChI=1S/C18H14ClN5O2/c19-15-4-2-1-3-13(15)18-14-7-11(24(25)26)5-6-16(14)23-12(8-20)9-21-17(23)10-22-18/h1-7,9H,8,10,20H2. The number of aromatic nitrogens is 2. The summed E-state index contributed by atoms with van der Waals surface area (Å²) in [6.07, 6.45) is 1.70. The number of imidazole rings is 1. The van der Waals surface area contributed by atoms with E-state index in [-0.39, 0.29) is 5.69 Å². The average molecular weight is 368 g/mol. The fourth-order valence-corrected chi connectivity index (χ4v) is 3.35. The van der Waals surface area contributed by atoms with Gasteiger partial charge in [-0.2, -0.15) is 0 Å². The maximum atomic E-state index is 11.3. The van der Waals surface area contributed by atoms with E-state index in [1.165, 1.54) is 12.1 Å². The maximum Gasteiger partial charge on any atom is 0.270 e. The van der Waals surface area contributed by atoms with Crippen LogP contribution >= 0.6 is 11.6 Å². The van der Waals surface area contributed by atoms with Gasteiger partial charge in [-0.3, -0.25) is 19.7 Å². The van der Waals surface area contributed by atoms with Crippen molar-refractivity contribution in [1.82, 2.24) is 9.55 Å². The zero-order valence-electron chi connectivity index (χ0n) is 13.6. The van der Waals surface area contributed by atoms with E-state index in [1.54, 1.807) is 18.3 Å². The molecular formula is C18H14ClN5O2. The largest absolute Gasteiger partial charge is 0.325 e. The van der Waals surface area contributed by atoms with Gasteiger partial charge in [-0.05, 0) is 12.1 Å². The summed E-state index contributed by atoms with van der Waals surface area (Å²) in [5.41, 5.74) is 9.34. The molecule has 2 N–H and O–H groups in total. The predicted octanol–water partition coefficient (Wildman–Crippen LogP) is 3.24. The second kappa shape index (κ2) is 6.36. The van der Waals surface area contributed by atoms with E-state index in [9.17, 15) is 10.1 Å². The zero-order chi connectivity index (χ0) is 18.3. The molecule has 0 saturated carbocycles. The monoisotopic (exact) mass is 367 g/mol. The third-order valence-electron chi connectivity index (χ3n) is 4.31. The van der Waals surface area contributed by atoms with Crippen LogP contribution in [0.5, 0.6) is 0 Å². The van der Waals surface area contributed by atoms with Crippen molar-refractivity contribution >= 4 is 23.0 Å². The minimum atomic E-state index is -0.423. The SMILES string of the molecule is NCc1cnc2n1-c1ccc([N+](=O)[O-])cc1C(c1ccccc1Cl)=NC2. The number of nitrogens with two attached hydrogens (primary N) is 1. The number of hydrogen-bond donors (Lipinski definition) is 1. The number of non-ortho nitro benzene ring substituents is 1. The number of benzene rings is 2. The predicted molar refractivity (Wildman–Crippen MR) is 98.9 cm³/mol. The summed E-state index contributed by atoms with van der Waals surface area (Å²) in [5.74, 6) is 0.725. The summed E-state index contributed by atoms with van der Waals surface area (Å²) in [4.78, 5) is 20.0. The molecule has 26 heavy (non-hydrogen) atoms.